The third-order valence-corrected chi connectivity index (χ3v) is 5.00. The van der Waals surface area contributed by atoms with Crippen LogP contribution >= 0.6 is 31.9 Å². The molecule has 21 heavy (non-hydrogen) atoms. The van der Waals surface area contributed by atoms with Crippen molar-refractivity contribution in [3.05, 3.63) is 62.7 Å². The number of H-pyrrole nitrogens is 1. The van der Waals surface area contributed by atoms with E-state index in [-0.39, 0.29) is 5.91 Å². The number of nitrogens with one attached hydrogen (secondary N) is 2. The lowest BCUT2D eigenvalue weighted by molar-refractivity contribution is 0.102. The normalized spacial score (nSPS) is 10.8. The predicted molar refractivity (Wildman–Crippen MR) is 92.8 cm³/mol. The SMILES string of the molecule is Cc1cc(NC(=O)c2[nH]c3ccccc3c2Br)ccc1Br. The van der Waals surface area contributed by atoms with Crippen molar-refractivity contribution in [3.63, 3.8) is 0 Å². The molecule has 5 heteroatoms. The van der Waals surface area contributed by atoms with Crippen LogP contribution in [0.5, 0.6) is 0 Å². The lowest BCUT2D eigenvalue weighted by atomic mass is 10.2. The molecule has 1 aromatic heterocycles. The molecule has 0 unspecified atom stereocenters. The van der Waals surface area contributed by atoms with Gasteiger partial charge >= 0.3 is 0 Å². The second-order valence-electron chi connectivity index (χ2n) is 4.78. The summed E-state index contributed by atoms with van der Waals surface area (Å²) < 4.78 is 1.80. The van der Waals surface area contributed by atoms with E-state index in [9.17, 15) is 4.79 Å². The molecule has 3 nitrogen and oxygen atoms in total. The number of carbonyl (C=O) groups is 1. The number of hydrogen-bond donors (Lipinski definition) is 2. The van der Waals surface area contributed by atoms with Crippen LogP contribution in [0.1, 0.15) is 16.1 Å². The molecular formula is C16H12Br2N2O. The van der Waals surface area contributed by atoms with Gasteiger partial charge in [0.15, 0.2) is 0 Å². The number of amides is 1. The van der Waals surface area contributed by atoms with Crippen LogP contribution in [0.15, 0.2) is 51.4 Å². The van der Waals surface area contributed by atoms with E-state index in [1.54, 1.807) is 0 Å². The summed E-state index contributed by atoms with van der Waals surface area (Å²) in [6.45, 7) is 1.98. The van der Waals surface area contributed by atoms with E-state index in [2.05, 4.69) is 42.2 Å². The molecule has 2 N–H and O–H groups in total. The molecule has 0 saturated heterocycles. The number of aromatic nitrogens is 1. The molecule has 0 radical (unpaired) electrons. The van der Waals surface area contributed by atoms with Crippen molar-refractivity contribution in [2.45, 2.75) is 6.92 Å². The molecule has 106 valence electrons. The van der Waals surface area contributed by atoms with E-state index >= 15 is 0 Å². The van der Waals surface area contributed by atoms with E-state index in [0.717, 1.165) is 31.1 Å². The molecule has 3 aromatic rings. The summed E-state index contributed by atoms with van der Waals surface area (Å²) in [5.41, 5.74) is 3.30. The minimum absolute atomic E-state index is 0.167. The van der Waals surface area contributed by atoms with Gasteiger partial charge in [0.25, 0.3) is 5.91 Å². The van der Waals surface area contributed by atoms with Crippen molar-refractivity contribution in [3.8, 4) is 0 Å². The number of hydrogen-bond acceptors (Lipinski definition) is 1. The Hall–Kier alpha value is -1.59. The average Bonchev–Trinajstić information content (AvgIpc) is 2.81. The Balaban J connectivity index is 1.93. The molecule has 0 spiro atoms. The maximum Gasteiger partial charge on any atom is 0.273 e. The highest BCUT2D eigenvalue weighted by atomic mass is 79.9. The van der Waals surface area contributed by atoms with Crippen LogP contribution in [-0.4, -0.2) is 10.9 Å². The highest BCUT2D eigenvalue weighted by molar-refractivity contribution is 9.11. The van der Waals surface area contributed by atoms with Crippen LogP contribution in [0.25, 0.3) is 10.9 Å². The molecule has 0 bridgehead atoms. The van der Waals surface area contributed by atoms with Crippen LogP contribution in [0, 0.1) is 6.92 Å². The van der Waals surface area contributed by atoms with Gasteiger partial charge in [-0.05, 0) is 52.7 Å². The topological polar surface area (TPSA) is 44.9 Å². The summed E-state index contributed by atoms with van der Waals surface area (Å²) >= 11 is 6.94. The largest absolute Gasteiger partial charge is 0.350 e. The third kappa shape index (κ3) is 2.76. The summed E-state index contributed by atoms with van der Waals surface area (Å²) in [7, 11) is 0. The minimum Gasteiger partial charge on any atom is -0.350 e. The number of benzene rings is 2. The van der Waals surface area contributed by atoms with E-state index in [0.29, 0.717) is 5.69 Å². The van der Waals surface area contributed by atoms with Crippen molar-refractivity contribution in [2.75, 3.05) is 5.32 Å². The Labute approximate surface area is 139 Å². The molecule has 0 aliphatic carbocycles. The number of para-hydroxylation sites is 1. The number of rotatable bonds is 2. The van der Waals surface area contributed by atoms with Gasteiger partial charge in [-0.15, -0.1) is 0 Å². The first-order chi connectivity index (χ1) is 10.1. The molecule has 0 saturated carbocycles. The number of halogens is 2. The van der Waals surface area contributed by atoms with Crippen molar-refractivity contribution >= 4 is 54.4 Å². The lowest BCUT2D eigenvalue weighted by Crippen LogP contribution is -2.13. The maximum absolute atomic E-state index is 12.4. The molecule has 0 aliphatic heterocycles. The molecule has 0 aliphatic rings. The Kier molecular flexibility index (Phi) is 3.87. The lowest BCUT2D eigenvalue weighted by Gasteiger charge is -2.06. The van der Waals surface area contributed by atoms with Crippen molar-refractivity contribution in [1.82, 2.24) is 4.98 Å². The molecular weight excluding hydrogens is 396 g/mol. The van der Waals surface area contributed by atoms with E-state index in [1.807, 2.05) is 49.4 Å². The highest BCUT2D eigenvalue weighted by Gasteiger charge is 2.16. The van der Waals surface area contributed by atoms with Crippen LogP contribution < -0.4 is 5.32 Å². The quantitative estimate of drug-likeness (QED) is 0.598. The molecule has 0 atom stereocenters. The van der Waals surface area contributed by atoms with E-state index in [1.165, 1.54) is 0 Å². The molecule has 0 fully saturated rings. The Morgan fingerprint density at radius 1 is 1.14 bits per heavy atom. The van der Waals surface area contributed by atoms with Crippen LogP contribution in [0.2, 0.25) is 0 Å². The van der Waals surface area contributed by atoms with E-state index in [4.69, 9.17) is 0 Å². The zero-order valence-corrected chi connectivity index (χ0v) is 14.4. The highest BCUT2D eigenvalue weighted by Crippen LogP contribution is 2.28. The number of carbonyl (C=O) groups excluding carboxylic acids is 1. The third-order valence-electron chi connectivity index (χ3n) is 3.29. The zero-order chi connectivity index (χ0) is 15.0. The van der Waals surface area contributed by atoms with Crippen LogP contribution in [-0.2, 0) is 0 Å². The van der Waals surface area contributed by atoms with Gasteiger partial charge < -0.3 is 10.3 Å². The second-order valence-corrected chi connectivity index (χ2v) is 6.42. The molecule has 1 amide bonds. The average molecular weight is 408 g/mol. The Morgan fingerprint density at radius 2 is 1.90 bits per heavy atom. The zero-order valence-electron chi connectivity index (χ0n) is 11.2. The first kappa shape index (κ1) is 14.4. The van der Waals surface area contributed by atoms with Crippen LogP contribution in [0.3, 0.4) is 0 Å². The fraction of sp³-hybridized carbons (Fsp3) is 0.0625. The van der Waals surface area contributed by atoms with Gasteiger partial charge in [0, 0.05) is 21.1 Å². The standard InChI is InChI=1S/C16H12Br2N2O/c1-9-8-10(6-7-12(9)17)19-16(21)15-14(18)11-4-2-3-5-13(11)20-15/h2-8,20H,1H3,(H,19,21). The fourth-order valence-corrected chi connectivity index (χ4v) is 3.05. The first-order valence-electron chi connectivity index (χ1n) is 6.40. The van der Waals surface area contributed by atoms with Gasteiger partial charge in [-0.1, -0.05) is 34.1 Å². The molecule has 3 rings (SSSR count). The number of anilines is 1. The van der Waals surface area contributed by atoms with E-state index < -0.39 is 0 Å². The molecule has 1 heterocycles. The van der Waals surface area contributed by atoms with Crippen LogP contribution in [0.4, 0.5) is 5.69 Å². The number of aromatic amines is 1. The van der Waals surface area contributed by atoms with Crippen molar-refractivity contribution in [1.29, 1.82) is 0 Å². The number of aryl methyl sites for hydroxylation is 1. The van der Waals surface area contributed by atoms with Gasteiger partial charge in [0.2, 0.25) is 0 Å². The minimum atomic E-state index is -0.167. The van der Waals surface area contributed by atoms with Gasteiger partial charge in [-0.3, -0.25) is 4.79 Å². The monoisotopic (exact) mass is 406 g/mol. The van der Waals surface area contributed by atoms with Gasteiger partial charge in [0.05, 0.1) is 4.47 Å². The Bertz CT molecular complexity index is 839. The number of fused-ring (bicyclic) bond motifs is 1. The summed E-state index contributed by atoms with van der Waals surface area (Å²) in [6, 6.07) is 13.5. The van der Waals surface area contributed by atoms with Gasteiger partial charge in [-0.2, -0.15) is 0 Å². The summed E-state index contributed by atoms with van der Waals surface area (Å²) in [5, 5.41) is 3.90. The maximum atomic E-state index is 12.4. The summed E-state index contributed by atoms with van der Waals surface area (Å²) in [5.74, 6) is -0.167. The van der Waals surface area contributed by atoms with Crippen molar-refractivity contribution in [2.24, 2.45) is 0 Å². The first-order valence-corrected chi connectivity index (χ1v) is 7.98. The second kappa shape index (κ2) is 5.66. The Morgan fingerprint density at radius 3 is 2.62 bits per heavy atom. The van der Waals surface area contributed by atoms with Gasteiger partial charge in [-0.25, -0.2) is 0 Å². The predicted octanol–water partition coefficient (Wildman–Crippen LogP) is 5.25. The molecule has 2 aromatic carbocycles. The van der Waals surface area contributed by atoms with Crippen molar-refractivity contribution < 1.29 is 4.79 Å². The smallest absolute Gasteiger partial charge is 0.273 e. The van der Waals surface area contributed by atoms with Gasteiger partial charge in [0.1, 0.15) is 5.69 Å². The fourth-order valence-electron chi connectivity index (χ4n) is 2.18. The summed E-state index contributed by atoms with van der Waals surface area (Å²) in [6.07, 6.45) is 0. The summed E-state index contributed by atoms with van der Waals surface area (Å²) in [4.78, 5) is 15.6.